The van der Waals surface area contributed by atoms with Crippen molar-refractivity contribution in [1.82, 2.24) is 15.2 Å². The van der Waals surface area contributed by atoms with Crippen molar-refractivity contribution in [2.24, 2.45) is 5.92 Å². The molecule has 1 aliphatic carbocycles. The quantitative estimate of drug-likeness (QED) is 0.724. The molecule has 0 unspecified atom stereocenters. The largest absolute Gasteiger partial charge is 0.490 e. The van der Waals surface area contributed by atoms with Crippen LogP contribution in [-0.4, -0.2) is 40.9 Å². The summed E-state index contributed by atoms with van der Waals surface area (Å²) in [5, 5.41) is 2.89. The summed E-state index contributed by atoms with van der Waals surface area (Å²) >= 11 is 0. The van der Waals surface area contributed by atoms with Crippen LogP contribution in [0.3, 0.4) is 0 Å². The van der Waals surface area contributed by atoms with Gasteiger partial charge < -0.3 is 15.0 Å². The SMILES string of the molecule is O=C(NCc1ccccn1)c1cccc(OC2CCN(C(=O)[C@H]3CC=CCC3)CC2)c1. The van der Waals surface area contributed by atoms with Crippen molar-refractivity contribution < 1.29 is 14.3 Å². The first-order valence-electron chi connectivity index (χ1n) is 11.1. The second-order valence-electron chi connectivity index (χ2n) is 8.16. The van der Waals surface area contributed by atoms with Gasteiger partial charge >= 0.3 is 0 Å². The number of likely N-dealkylation sites (tertiary alicyclic amines) is 1. The van der Waals surface area contributed by atoms with E-state index in [0.717, 1.165) is 50.9 Å². The van der Waals surface area contributed by atoms with Crippen LogP contribution in [0.15, 0.2) is 60.8 Å². The molecular formula is C25H29N3O3. The third-order valence-electron chi connectivity index (χ3n) is 5.93. The van der Waals surface area contributed by atoms with Crippen molar-refractivity contribution in [3.63, 3.8) is 0 Å². The molecule has 6 nitrogen and oxygen atoms in total. The van der Waals surface area contributed by atoms with E-state index in [1.807, 2.05) is 35.2 Å². The number of allylic oxidation sites excluding steroid dienone is 2. The molecule has 162 valence electrons. The van der Waals surface area contributed by atoms with Crippen LogP contribution in [-0.2, 0) is 11.3 Å². The van der Waals surface area contributed by atoms with Crippen molar-refractivity contribution in [1.29, 1.82) is 0 Å². The number of amides is 2. The highest BCUT2D eigenvalue weighted by atomic mass is 16.5. The smallest absolute Gasteiger partial charge is 0.251 e. The van der Waals surface area contributed by atoms with E-state index in [2.05, 4.69) is 22.5 Å². The molecule has 4 rings (SSSR count). The Hall–Kier alpha value is -3.15. The van der Waals surface area contributed by atoms with Gasteiger partial charge in [0.1, 0.15) is 11.9 Å². The van der Waals surface area contributed by atoms with E-state index in [9.17, 15) is 9.59 Å². The molecule has 1 aliphatic heterocycles. The Labute approximate surface area is 183 Å². The molecule has 1 atom stereocenters. The van der Waals surface area contributed by atoms with Gasteiger partial charge in [0.2, 0.25) is 5.91 Å². The number of aromatic nitrogens is 1. The fourth-order valence-electron chi connectivity index (χ4n) is 4.15. The van der Waals surface area contributed by atoms with Crippen LogP contribution in [0.4, 0.5) is 0 Å². The number of nitrogens with zero attached hydrogens (tertiary/aromatic N) is 2. The lowest BCUT2D eigenvalue weighted by molar-refractivity contribution is -0.137. The molecule has 2 heterocycles. The molecule has 2 aliphatic rings. The molecule has 1 aromatic heterocycles. The molecule has 0 saturated carbocycles. The Morgan fingerprint density at radius 2 is 1.94 bits per heavy atom. The zero-order valence-corrected chi connectivity index (χ0v) is 17.7. The Bertz CT molecular complexity index is 921. The highest BCUT2D eigenvalue weighted by Crippen LogP contribution is 2.25. The minimum Gasteiger partial charge on any atom is -0.490 e. The summed E-state index contributed by atoms with van der Waals surface area (Å²) in [5.41, 5.74) is 1.38. The molecule has 6 heteroatoms. The predicted octanol–water partition coefficient (Wildman–Crippen LogP) is 3.74. The number of nitrogens with one attached hydrogen (secondary N) is 1. The van der Waals surface area contributed by atoms with Crippen LogP contribution in [0.5, 0.6) is 5.75 Å². The molecule has 2 amide bonds. The molecule has 1 fully saturated rings. The van der Waals surface area contributed by atoms with Gasteiger partial charge in [0.15, 0.2) is 0 Å². The van der Waals surface area contributed by atoms with Crippen molar-refractivity contribution in [2.75, 3.05) is 13.1 Å². The summed E-state index contributed by atoms with van der Waals surface area (Å²) in [7, 11) is 0. The van der Waals surface area contributed by atoms with Crippen molar-refractivity contribution in [3.05, 3.63) is 72.1 Å². The number of rotatable bonds is 6. The number of benzene rings is 1. The average Bonchev–Trinajstić information content (AvgIpc) is 2.84. The Morgan fingerprint density at radius 1 is 1.06 bits per heavy atom. The Morgan fingerprint density at radius 3 is 2.68 bits per heavy atom. The molecule has 1 N–H and O–H groups in total. The number of pyridine rings is 1. The number of piperidine rings is 1. The Balaban J connectivity index is 1.27. The van der Waals surface area contributed by atoms with Crippen LogP contribution in [0, 0.1) is 5.92 Å². The number of carbonyl (C=O) groups is 2. The monoisotopic (exact) mass is 419 g/mol. The maximum Gasteiger partial charge on any atom is 0.251 e. The van der Waals surface area contributed by atoms with Gasteiger partial charge in [0.25, 0.3) is 5.91 Å². The van der Waals surface area contributed by atoms with Crippen LogP contribution in [0.1, 0.15) is 48.2 Å². The molecule has 31 heavy (non-hydrogen) atoms. The summed E-state index contributed by atoms with van der Waals surface area (Å²) < 4.78 is 6.14. The minimum atomic E-state index is -0.155. The zero-order chi connectivity index (χ0) is 21.5. The molecule has 2 aromatic rings. The van der Waals surface area contributed by atoms with Crippen LogP contribution in [0.2, 0.25) is 0 Å². The van der Waals surface area contributed by atoms with E-state index >= 15 is 0 Å². The maximum atomic E-state index is 12.7. The zero-order valence-electron chi connectivity index (χ0n) is 17.7. The van der Waals surface area contributed by atoms with Gasteiger partial charge in [-0.1, -0.05) is 24.3 Å². The van der Waals surface area contributed by atoms with Gasteiger partial charge in [-0.2, -0.15) is 0 Å². The first-order valence-corrected chi connectivity index (χ1v) is 11.1. The predicted molar refractivity (Wildman–Crippen MR) is 119 cm³/mol. The van der Waals surface area contributed by atoms with E-state index in [1.165, 1.54) is 0 Å². The Kier molecular flexibility index (Phi) is 6.97. The number of hydrogen-bond acceptors (Lipinski definition) is 4. The first-order chi connectivity index (χ1) is 15.2. The van der Waals surface area contributed by atoms with Gasteiger partial charge in [-0.15, -0.1) is 0 Å². The first kappa shape index (κ1) is 21.1. The summed E-state index contributed by atoms with van der Waals surface area (Å²) in [4.78, 5) is 31.4. The van der Waals surface area contributed by atoms with Crippen LogP contribution in [0.25, 0.3) is 0 Å². The topological polar surface area (TPSA) is 71.5 Å². The van der Waals surface area contributed by atoms with E-state index in [0.29, 0.717) is 17.9 Å². The van der Waals surface area contributed by atoms with E-state index in [4.69, 9.17) is 4.74 Å². The highest BCUT2D eigenvalue weighted by Gasteiger charge is 2.28. The fraction of sp³-hybridized carbons (Fsp3) is 0.400. The average molecular weight is 420 g/mol. The third kappa shape index (κ3) is 5.72. The molecule has 1 aromatic carbocycles. The summed E-state index contributed by atoms with van der Waals surface area (Å²) in [6.45, 7) is 1.84. The van der Waals surface area contributed by atoms with E-state index in [1.54, 1.807) is 18.3 Å². The molecule has 0 bridgehead atoms. The maximum absolute atomic E-state index is 12.7. The number of ether oxygens (including phenoxy) is 1. The standard InChI is InChI=1S/C25H29N3O3/c29-24(27-18-21-10-4-5-14-26-21)20-9-6-11-23(17-20)31-22-12-15-28(16-13-22)25(30)19-7-2-1-3-8-19/h1-2,4-6,9-11,14,17,19,22H,3,7-8,12-13,15-16,18H2,(H,27,29)/t19-/m0/s1. The van der Waals surface area contributed by atoms with Gasteiger partial charge in [0, 0.05) is 43.6 Å². The lowest BCUT2D eigenvalue weighted by Crippen LogP contribution is -2.44. The molecule has 1 saturated heterocycles. The van der Waals surface area contributed by atoms with Crippen LogP contribution < -0.4 is 10.1 Å². The lowest BCUT2D eigenvalue weighted by atomic mass is 9.92. The van der Waals surface area contributed by atoms with Gasteiger partial charge in [-0.3, -0.25) is 14.6 Å². The normalized spacial score (nSPS) is 19.1. The number of hydrogen-bond donors (Lipinski definition) is 1. The summed E-state index contributed by atoms with van der Waals surface area (Å²) in [6, 6.07) is 12.9. The lowest BCUT2D eigenvalue weighted by Gasteiger charge is -2.34. The minimum absolute atomic E-state index is 0.0575. The second-order valence-corrected chi connectivity index (χ2v) is 8.16. The van der Waals surface area contributed by atoms with E-state index in [-0.39, 0.29) is 23.8 Å². The molecule has 0 spiro atoms. The van der Waals surface area contributed by atoms with Crippen molar-refractivity contribution in [3.8, 4) is 5.75 Å². The van der Waals surface area contributed by atoms with E-state index < -0.39 is 0 Å². The second kappa shape index (κ2) is 10.2. The van der Waals surface area contributed by atoms with Crippen LogP contribution >= 0.6 is 0 Å². The van der Waals surface area contributed by atoms with Gasteiger partial charge in [0.05, 0.1) is 12.2 Å². The van der Waals surface area contributed by atoms with Gasteiger partial charge in [-0.05, 0) is 49.6 Å². The highest BCUT2D eigenvalue weighted by molar-refractivity contribution is 5.94. The van der Waals surface area contributed by atoms with Gasteiger partial charge in [-0.25, -0.2) is 0 Å². The fourth-order valence-corrected chi connectivity index (χ4v) is 4.15. The third-order valence-corrected chi connectivity index (χ3v) is 5.93. The summed E-state index contributed by atoms with van der Waals surface area (Å²) in [5.74, 6) is 0.962. The molecule has 0 radical (unpaired) electrons. The summed E-state index contributed by atoms with van der Waals surface area (Å²) in [6.07, 6.45) is 10.5. The number of carbonyl (C=O) groups excluding carboxylic acids is 2. The molecular weight excluding hydrogens is 390 g/mol. The van der Waals surface area contributed by atoms with Crippen molar-refractivity contribution in [2.45, 2.75) is 44.8 Å². The van der Waals surface area contributed by atoms with Crippen molar-refractivity contribution >= 4 is 11.8 Å².